The normalized spacial score (nSPS) is 19.7. The molecular formula is C23H27F3N6O3S. The van der Waals surface area contributed by atoms with Crippen molar-refractivity contribution in [2.45, 2.75) is 57.3 Å². The second-order valence-corrected chi connectivity index (χ2v) is 10.6. The van der Waals surface area contributed by atoms with Gasteiger partial charge in [-0.1, -0.05) is 0 Å². The Morgan fingerprint density at radius 3 is 2.75 bits per heavy atom. The van der Waals surface area contributed by atoms with E-state index in [4.69, 9.17) is 0 Å². The highest BCUT2D eigenvalue weighted by atomic mass is 32.1. The fourth-order valence-electron chi connectivity index (χ4n) is 4.18. The van der Waals surface area contributed by atoms with Gasteiger partial charge in [0.25, 0.3) is 5.91 Å². The molecule has 0 radical (unpaired) electrons. The summed E-state index contributed by atoms with van der Waals surface area (Å²) in [5.41, 5.74) is 1.45. The van der Waals surface area contributed by atoms with Crippen molar-refractivity contribution in [1.82, 2.24) is 15.1 Å². The second-order valence-electron chi connectivity index (χ2n) is 9.48. The van der Waals surface area contributed by atoms with Crippen molar-refractivity contribution < 1.29 is 27.5 Å². The number of anilines is 2. The zero-order valence-corrected chi connectivity index (χ0v) is 20.5. The lowest BCUT2D eigenvalue weighted by molar-refractivity contribution is -0.276. The Morgan fingerprint density at radius 2 is 2.06 bits per heavy atom. The van der Waals surface area contributed by atoms with Gasteiger partial charge in [0.2, 0.25) is 11.8 Å². The third-order valence-electron chi connectivity index (χ3n) is 6.47. The smallest absolute Gasteiger partial charge is 0.386 e. The molecule has 3 N–H and O–H groups in total. The van der Waals surface area contributed by atoms with E-state index in [2.05, 4.69) is 30.8 Å². The summed E-state index contributed by atoms with van der Waals surface area (Å²) in [6.45, 7) is 0.635. The molecule has 2 aromatic heterocycles. The van der Waals surface area contributed by atoms with E-state index < -0.39 is 12.2 Å². The highest BCUT2D eigenvalue weighted by Crippen LogP contribution is 2.40. The first-order chi connectivity index (χ1) is 17.2. The van der Waals surface area contributed by atoms with Crippen LogP contribution in [0.25, 0.3) is 0 Å². The molecular weight excluding hydrogens is 497 g/mol. The molecule has 3 aliphatic rings. The average molecular weight is 525 g/mol. The lowest BCUT2D eigenvalue weighted by atomic mass is 9.91. The summed E-state index contributed by atoms with van der Waals surface area (Å²) in [5, 5.41) is 13.1. The highest BCUT2D eigenvalue weighted by Gasteiger charge is 2.35. The van der Waals surface area contributed by atoms with Crippen LogP contribution in [0.1, 0.15) is 52.9 Å². The number of hydrogen-bond acceptors (Lipinski definition) is 6. The number of aliphatic imine (C=N–C) groups is 1. The van der Waals surface area contributed by atoms with E-state index in [1.54, 1.807) is 0 Å². The zero-order valence-electron chi connectivity index (χ0n) is 19.7. The van der Waals surface area contributed by atoms with Gasteiger partial charge in [-0.25, -0.2) is 4.68 Å². The molecule has 0 saturated heterocycles. The number of alkyl halides is 3. The van der Waals surface area contributed by atoms with Gasteiger partial charge in [0.1, 0.15) is 10.8 Å². The maximum Gasteiger partial charge on any atom is 0.574 e. The van der Waals surface area contributed by atoms with Crippen LogP contribution in [0.15, 0.2) is 11.1 Å². The number of hydrogen-bond donors (Lipinski definition) is 3. The monoisotopic (exact) mass is 524 g/mol. The highest BCUT2D eigenvalue weighted by molar-refractivity contribution is 7.17. The van der Waals surface area contributed by atoms with Gasteiger partial charge in [0.05, 0.1) is 17.9 Å². The molecule has 2 aromatic rings. The predicted molar refractivity (Wildman–Crippen MR) is 129 cm³/mol. The van der Waals surface area contributed by atoms with Crippen molar-refractivity contribution >= 4 is 40.3 Å². The molecule has 9 nitrogen and oxygen atoms in total. The molecule has 2 saturated carbocycles. The van der Waals surface area contributed by atoms with Crippen molar-refractivity contribution in [3.05, 3.63) is 22.1 Å². The fourth-order valence-corrected chi connectivity index (χ4v) is 5.43. The van der Waals surface area contributed by atoms with Crippen LogP contribution >= 0.6 is 11.3 Å². The molecule has 2 heterocycles. The summed E-state index contributed by atoms with van der Waals surface area (Å²) in [7, 11) is 1.49. The van der Waals surface area contributed by atoms with Crippen LogP contribution in [-0.2, 0) is 24.7 Å². The maximum atomic E-state index is 13.1. The molecule has 36 heavy (non-hydrogen) atoms. The van der Waals surface area contributed by atoms with E-state index in [1.165, 1.54) is 29.4 Å². The van der Waals surface area contributed by atoms with E-state index >= 15 is 0 Å². The minimum Gasteiger partial charge on any atom is -0.386 e. The van der Waals surface area contributed by atoms with Crippen LogP contribution in [0.2, 0.25) is 0 Å². The Morgan fingerprint density at radius 1 is 1.28 bits per heavy atom. The van der Waals surface area contributed by atoms with Gasteiger partial charge in [-0.15, -0.1) is 29.6 Å². The van der Waals surface area contributed by atoms with Crippen molar-refractivity contribution in [2.24, 2.45) is 23.9 Å². The predicted octanol–water partition coefficient (Wildman–Crippen LogP) is 3.87. The van der Waals surface area contributed by atoms with Crippen molar-refractivity contribution in [2.75, 3.05) is 17.2 Å². The van der Waals surface area contributed by atoms with Gasteiger partial charge in [-0.3, -0.25) is 14.6 Å². The molecule has 0 unspecified atom stereocenters. The quantitative estimate of drug-likeness (QED) is 0.341. The number of carbonyl (C=O) groups excluding carboxylic acids is 2. The molecule has 2 amide bonds. The average Bonchev–Trinajstić information content (AvgIpc) is 3.72. The Kier molecular flexibility index (Phi) is 6.66. The van der Waals surface area contributed by atoms with Gasteiger partial charge >= 0.3 is 6.36 Å². The molecule has 0 bridgehead atoms. The first kappa shape index (κ1) is 24.6. The summed E-state index contributed by atoms with van der Waals surface area (Å²) in [5.74, 6) is 0.0858. The number of ether oxygens (including phenoxy) is 1. The molecule has 2 fully saturated rings. The Hall–Kier alpha value is -3.09. The molecule has 194 valence electrons. The van der Waals surface area contributed by atoms with E-state index in [-0.39, 0.29) is 29.6 Å². The number of rotatable bonds is 9. The van der Waals surface area contributed by atoms with Crippen LogP contribution in [0.3, 0.4) is 0 Å². The third kappa shape index (κ3) is 6.00. The number of halogens is 3. The Balaban J connectivity index is 1.28. The standard InChI is InChI=1S/C23H27F3N6O3S/c1-32-17(9-18(31-32)35-23(24,25)26)29-11-28-14-6-7-16-15(8-14)19(21(34)27-10-12-2-3-12)22(36-16)30-20(33)13-4-5-13/h9,11-14H,2-8,10H2,1H3,(H,27,34)(H,28,29)(H,30,33)/t14-/m0/s1. The maximum absolute atomic E-state index is 13.1. The minimum absolute atomic E-state index is 0.0315. The minimum atomic E-state index is -4.82. The van der Waals surface area contributed by atoms with Gasteiger partial charge in [-0.2, -0.15) is 0 Å². The topological polar surface area (TPSA) is 110 Å². The van der Waals surface area contributed by atoms with Gasteiger partial charge < -0.3 is 20.7 Å². The summed E-state index contributed by atoms with van der Waals surface area (Å²) in [4.78, 5) is 31.2. The van der Waals surface area contributed by atoms with Crippen molar-refractivity contribution in [3.8, 4) is 5.88 Å². The van der Waals surface area contributed by atoms with E-state index in [9.17, 15) is 22.8 Å². The van der Waals surface area contributed by atoms with Gasteiger partial charge in [0, 0.05) is 30.5 Å². The molecule has 3 aliphatic carbocycles. The molecule has 0 aromatic carbocycles. The summed E-state index contributed by atoms with van der Waals surface area (Å²) < 4.78 is 42.3. The second kappa shape index (κ2) is 9.75. The molecule has 1 atom stereocenters. The molecule has 0 spiro atoms. The van der Waals surface area contributed by atoms with Gasteiger partial charge in [0.15, 0.2) is 0 Å². The first-order valence-electron chi connectivity index (χ1n) is 12.0. The van der Waals surface area contributed by atoms with Crippen LogP contribution < -0.4 is 20.7 Å². The molecule has 13 heteroatoms. The number of thiophene rings is 1. The summed E-state index contributed by atoms with van der Waals surface area (Å²) >= 11 is 1.47. The van der Waals surface area contributed by atoms with Crippen molar-refractivity contribution in [1.29, 1.82) is 0 Å². The third-order valence-corrected chi connectivity index (χ3v) is 7.68. The first-order valence-corrected chi connectivity index (χ1v) is 12.8. The van der Waals surface area contributed by atoms with Crippen molar-refractivity contribution in [3.63, 3.8) is 0 Å². The Labute approximate surface area is 209 Å². The number of carbonyl (C=O) groups is 2. The zero-order chi connectivity index (χ0) is 25.4. The van der Waals surface area contributed by atoms with E-state index in [0.29, 0.717) is 29.4 Å². The summed E-state index contributed by atoms with van der Waals surface area (Å²) in [6, 6.07) is 1.01. The van der Waals surface area contributed by atoms with Crippen LogP contribution in [0.4, 0.5) is 24.0 Å². The number of nitrogens with zero attached hydrogens (tertiary/aromatic N) is 3. The number of fused-ring (bicyclic) bond motifs is 1. The number of amides is 2. The number of aromatic nitrogens is 2. The molecule has 5 rings (SSSR count). The van der Waals surface area contributed by atoms with Crippen LogP contribution in [0, 0.1) is 11.8 Å². The lowest BCUT2D eigenvalue weighted by Gasteiger charge is -2.20. The fraction of sp³-hybridized carbons (Fsp3) is 0.565. The largest absolute Gasteiger partial charge is 0.574 e. The number of aryl methyl sites for hydroxylation is 2. The van der Waals surface area contributed by atoms with Crippen LogP contribution in [0.5, 0.6) is 5.88 Å². The van der Waals surface area contributed by atoms with Crippen LogP contribution in [-0.4, -0.2) is 46.9 Å². The Bertz CT molecular complexity index is 1180. The summed E-state index contributed by atoms with van der Waals surface area (Å²) in [6.07, 6.45) is 2.62. The van der Waals surface area contributed by atoms with E-state index in [1.807, 2.05) is 0 Å². The number of nitrogens with one attached hydrogen (secondary N) is 3. The SMILES string of the molecule is Cn1nc(OC(F)(F)F)cc1NC=N[C@H]1CCc2sc(NC(=O)C3CC3)c(C(=O)NCC3CC3)c2C1. The lowest BCUT2D eigenvalue weighted by Crippen LogP contribution is -2.29. The van der Waals surface area contributed by atoms with E-state index in [0.717, 1.165) is 55.0 Å². The van der Waals surface area contributed by atoms with Gasteiger partial charge in [-0.05, 0) is 56.4 Å². The molecule has 0 aliphatic heterocycles.